The van der Waals surface area contributed by atoms with Gasteiger partial charge in [0.2, 0.25) is 0 Å². The minimum Gasteiger partial charge on any atom is -0.381 e. The van der Waals surface area contributed by atoms with Gasteiger partial charge in [-0.15, -0.1) is 0 Å². The number of para-hydroxylation sites is 1. The van der Waals surface area contributed by atoms with Crippen molar-refractivity contribution in [2.45, 2.75) is 0 Å². The lowest BCUT2D eigenvalue weighted by Crippen LogP contribution is -2.17. The Morgan fingerprint density at radius 3 is 2.82 bits per heavy atom. The molecule has 0 amide bonds. The van der Waals surface area contributed by atoms with Gasteiger partial charge < -0.3 is 10.6 Å². The Balaban J connectivity index is 1.58. The van der Waals surface area contributed by atoms with Crippen molar-refractivity contribution in [1.82, 2.24) is 15.2 Å². The van der Waals surface area contributed by atoms with Crippen molar-refractivity contribution in [1.29, 1.82) is 0 Å². The van der Waals surface area contributed by atoms with Crippen molar-refractivity contribution in [3.05, 3.63) is 58.0 Å². The number of aromatic amines is 1. The highest BCUT2D eigenvalue weighted by atomic mass is 35.5. The summed E-state index contributed by atoms with van der Waals surface area (Å²) in [7, 11) is 0. The van der Waals surface area contributed by atoms with Crippen molar-refractivity contribution >= 4 is 34.0 Å². The number of hydrogen-bond donors (Lipinski definition) is 3. The SMILES string of the molecule is O=c1[nH]ncc(NCCNc2ccc3ccccc3n2)c1Cl. The van der Waals surface area contributed by atoms with Crippen LogP contribution in [0.3, 0.4) is 0 Å². The quantitative estimate of drug-likeness (QED) is 0.630. The van der Waals surface area contributed by atoms with Crippen LogP contribution in [0.5, 0.6) is 0 Å². The second kappa shape index (κ2) is 6.44. The number of nitrogens with zero attached hydrogens (tertiary/aromatic N) is 2. The maximum Gasteiger partial charge on any atom is 0.285 e. The van der Waals surface area contributed by atoms with E-state index in [1.54, 1.807) is 0 Å². The van der Waals surface area contributed by atoms with Crippen molar-refractivity contribution in [2.75, 3.05) is 23.7 Å². The molecule has 0 aliphatic heterocycles. The van der Waals surface area contributed by atoms with Gasteiger partial charge in [0.15, 0.2) is 0 Å². The van der Waals surface area contributed by atoms with Gasteiger partial charge in [0.25, 0.3) is 5.56 Å². The molecule has 2 heterocycles. The van der Waals surface area contributed by atoms with E-state index in [1.807, 2.05) is 36.4 Å². The van der Waals surface area contributed by atoms with Gasteiger partial charge in [-0.3, -0.25) is 4.79 Å². The van der Waals surface area contributed by atoms with Gasteiger partial charge in [0.05, 0.1) is 17.4 Å². The van der Waals surface area contributed by atoms with Gasteiger partial charge in [0, 0.05) is 18.5 Å². The van der Waals surface area contributed by atoms with Crippen LogP contribution in [0.2, 0.25) is 5.02 Å². The summed E-state index contributed by atoms with van der Waals surface area (Å²) >= 11 is 5.88. The van der Waals surface area contributed by atoms with Crippen LogP contribution >= 0.6 is 11.6 Å². The molecule has 3 aromatic rings. The molecule has 0 saturated carbocycles. The molecule has 2 aromatic heterocycles. The first-order chi connectivity index (χ1) is 10.7. The third-order valence-corrected chi connectivity index (χ3v) is 3.52. The zero-order valence-electron chi connectivity index (χ0n) is 11.6. The third kappa shape index (κ3) is 3.17. The van der Waals surface area contributed by atoms with Crippen LogP contribution in [0.4, 0.5) is 11.5 Å². The number of pyridine rings is 1. The second-order valence-electron chi connectivity index (χ2n) is 4.67. The summed E-state index contributed by atoms with van der Waals surface area (Å²) in [6.07, 6.45) is 1.48. The summed E-state index contributed by atoms with van der Waals surface area (Å²) < 4.78 is 0. The highest BCUT2D eigenvalue weighted by Gasteiger charge is 2.03. The van der Waals surface area contributed by atoms with Crippen LogP contribution in [0.1, 0.15) is 0 Å². The van der Waals surface area contributed by atoms with Crippen LogP contribution in [-0.2, 0) is 0 Å². The smallest absolute Gasteiger partial charge is 0.285 e. The van der Waals surface area contributed by atoms with Crippen molar-refractivity contribution in [3.8, 4) is 0 Å². The Kier molecular flexibility index (Phi) is 4.20. The lowest BCUT2D eigenvalue weighted by atomic mass is 10.2. The predicted molar refractivity (Wildman–Crippen MR) is 88.6 cm³/mol. The fraction of sp³-hybridized carbons (Fsp3) is 0.133. The van der Waals surface area contributed by atoms with Crippen LogP contribution in [-0.4, -0.2) is 28.3 Å². The first-order valence-electron chi connectivity index (χ1n) is 6.81. The standard InChI is InChI=1S/C15H14ClN5O/c16-14-12(9-19-21-15(14)22)17-7-8-18-13-6-5-10-3-1-2-4-11(10)20-13/h1-6,9H,7-8H2,(H,18,20)(H2,17,21,22). The summed E-state index contributed by atoms with van der Waals surface area (Å²) in [5.41, 5.74) is 1.05. The first kappa shape index (κ1) is 14.3. The van der Waals surface area contributed by atoms with Crippen molar-refractivity contribution < 1.29 is 0 Å². The Bertz CT molecular complexity index is 848. The predicted octanol–water partition coefficient (Wildman–Crippen LogP) is 2.50. The fourth-order valence-corrected chi connectivity index (χ4v) is 2.22. The van der Waals surface area contributed by atoms with Crippen LogP contribution in [0.25, 0.3) is 10.9 Å². The number of nitrogens with one attached hydrogen (secondary N) is 3. The van der Waals surface area contributed by atoms with Crippen LogP contribution in [0, 0.1) is 0 Å². The first-order valence-corrected chi connectivity index (χ1v) is 7.18. The van der Waals surface area contributed by atoms with Gasteiger partial charge in [-0.1, -0.05) is 29.8 Å². The fourth-order valence-electron chi connectivity index (χ4n) is 2.06. The lowest BCUT2D eigenvalue weighted by Gasteiger charge is -2.09. The minimum absolute atomic E-state index is 0.110. The van der Waals surface area contributed by atoms with Gasteiger partial charge in [-0.25, -0.2) is 10.1 Å². The summed E-state index contributed by atoms with van der Waals surface area (Å²) in [5, 5.41) is 13.5. The number of H-pyrrole nitrogens is 1. The Morgan fingerprint density at radius 2 is 1.91 bits per heavy atom. The summed E-state index contributed by atoms with van der Waals surface area (Å²) in [6.45, 7) is 1.22. The molecule has 3 rings (SSSR count). The van der Waals surface area contributed by atoms with E-state index in [1.165, 1.54) is 6.20 Å². The molecule has 0 fully saturated rings. The number of rotatable bonds is 5. The maximum atomic E-state index is 11.3. The number of hydrogen-bond acceptors (Lipinski definition) is 5. The van der Waals surface area contributed by atoms with E-state index >= 15 is 0 Å². The molecule has 0 unspecified atom stereocenters. The maximum absolute atomic E-state index is 11.3. The zero-order valence-corrected chi connectivity index (χ0v) is 12.4. The molecule has 22 heavy (non-hydrogen) atoms. The molecule has 0 atom stereocenters. The Labute approximate surface area is 131 Å². The molecule has 7 heteroatoms. The third-order valence-electron chi connectivity index (χ3n) is 3.14. The summed E-state index contributed by atoms with van der Waals surface area (Å²) in [4.78, 5) is 15.8. The number of fused-ring (bicyclic) bond motifs is 1. The van der Waals surface area contributed by atoms with E-state index in [4.69, 9.17) is 11.6 Å². The normalized spacial score (nSPS) is 10.6. The molecular weight excluding hydrogens is 302 g/mol. The van der Waals surface area contributed by atoms with Gasteiger partial charge >= 0.3 is 0 Å². The van der Waals surface area contributed by atoms with E-state index < -0.39 is 5.56 Å². The Hall–Kier alpha value is -2.60. The molecule has 112 valence electrons. The van der Waals surface area contributed by atoms with E-state index in [-0.39, 0.29) is 5.02 Å². The number of halogens is 1. The molecule has 0 radical (unpaired) electrons. The molecule has 0 aliphatic carbocycles. The van der Waals surface area contributed by atoms with E-state index in [9.17, 15) is 4.79 Å². The summed E-state index contributed by atoms with van der Waals surface area (Å²) in [5.74, 6) is 0.802. The highest BCUT2D eigenvalue weighted by molar-refractivity contribution is 6.32. The van der Waals surface area contributed by atoms with E-state index in [0.717, 1.165) is 16.7 Å². The van der Waals surface area contributed by atoms with Crippen molar-refractivity contribution in [2.24, 2.45) is 0 Å². The average Bonchev–Trinajstić information content (AvgIpc) is 2.55. The molecular formula is C15H14ClN5O. The van der Waals surface area contributed by atoms with Gasteiger partial charge in [-0.05, 0) is 18.2 Å². The zero-order chi connectivity index (χ0) is 15.4. The minimum atomic E-state index is -0.407. The number of aromatic nitrogens is 3. The molecule has 3 N–H and O–H groups in total. The number of anilines is 2. The molecule has 0 spiro atoms. The van der Waals surface area contributed by atoms with E-state index in [2.05, 4.69) is 25.8 Å². The molecule has 0 bridgehead atoms. The second-order valence-corrected chi connectivity index (χ2v) is 5.05. The monoisotopic (exact) mass is 315 g/mol. The molecule has 0 saturated heterocycles. The lowest BCUT2D eigenvalue weighted by molar-refractivity contribution is 0.978. The largest absolute Gasteiger partial charge is 0.381 e. The molecule has 1 aromatic carbocycles. The molecule has 6 nitrogen and oxygen atoms in total. The average molecular weight is 316 g/mol. The summed E-state index contributed by atoms with van der Waals surface area (Å²) in [6, 6.07) is 11.9. The number of benzene rings is 1. The van der Waals surface area contributed by atoms with Crippen LogP contribution in [0.15, 0.2) is 47.4 Å². The Morgan fingerprint density at radius 1 is 1.09 bits per heavy atom. The molecule has 0 aliphatic rings. The van der Waals surface area contributed by atoms with Crippen LogP contribution < -0.4 is 16.2 Å². The van der Waals surface area contributed by atoms with Crippen molar-refractivity contribution in [3.63, 3.8) is 0 Å². The topological polar surface area (TPSA) is 82.7 Å². The van der Waals surface area contributed by atoms with Gasteiger partial charge in [-0.2, -0.15) is 5.10 Å². The van der Waals surface area contributed by atoms with Gasteiger partial charge in [0.1, 0.15) is 10.8 Å². The van der Waals surface area contributed by atoms with E-state index in [0.29, 0.717) is 18.8 Å². The highest BCUT2D eigenvalue weighted by Crippen LogP contribution is 2.15.